The minimum absolute atomic E-state index is 0.0636. The summed E-state index contributed by atoms with van der Waals surface area (Å²) in [6.07, 6.45) is 4.65. The number of nitrogens with one attached hydrogen (secondary N) is 2. The smallest absolute Gasteiger partial charge is 0.387 e. The van der Waals surface area contributed by atoms with Crippen LogP contribution in [0.3, 0.4) is 0 Å². The topological polar surface area (TPSA) is 63.0 Å². The molecule has 6 nitrogen and oxygen atoms in total. The zero-order valence-corrected chi connectivity index (χ0v) is 16.7. The van der Waals surface area contributed by atoms with E-state index in [9.17, 15) is 8.78 Å². The van der Waals surface area contributed by atoms with Crippen LogP contribution < -0.4 is 15.4 Å². The van der Waals surface area contributed by atoms with Crippen LogP contribution >= 0.6 is 11.6 Å². The summed E-state index contributed by atoms with van der Waals surface area (Å²) in [5.74, 6) is 0.632. The van der Waals surface area contributed by atoms with Gasteiger partial charge in [0.05, 0.1) is 12.2 Å². The monoisotopic (exact) mass is 421 g/mol. The van der Waals surface area contributed by atoms with Crippen molar-refractivity contribution in [2.24, 2.45) is 4.99 Å². The van der Waals surface area contributed by atoms with Gasteiger partial charge in [-0.15, -0.1) is 0 Å². The van der Waals surface area contributed by atoms with Gasteiger partial charge >= 0.3 is 6.61 Å². The van der Waals surface area contributed by atoms with E-state index in [4.69, 9.17) is 11.6 Å². The van der Waals surface area contributed by atoms with Crippen molar-refractivity contribution in [1.82, 2.24) is 20.0 Å². The number of pyridine rings is 1. The lowest BCUT2D eigenvalue weighted by atomic mass is 10.2. The quantitative estimate of drug-likeness (QED) is 0.428. The number of imidazole rings is 1. The van der Waals surface area contributed by atoms with Gasteiger partial charge in [-0.25, -0.2) is 9.98 Å². The maximum Gasteiger partial charge on any atom is 0.387 e. The fourth-order valence-corrected chi connectivity index (χ4v) is 3.00. The fourth-order valence-electron chi connectivity index (χ4n) is 2.81. The first-order chi connectivity index (χ1) is 14.0. The minimum atomic E-state index is -2.91. The van der Waals surface area contributed by atoms with Gasteiger partial charge in [0.1, 0.15) is 11.4 Å². The van der Waals surface area contributed by atoms with Gasteiger partial charge in [0.25, 0.3) is 0 Å². The SMILES string of the molecule is CCNC(=NCc1cc(Cl)ccc1OC(F)F)NCCc1cn2ccccc2n1. The van der Waals surface area contributed by atoms with E-state index in [1.165, 1.54) is 12.1 Å². The molecule has 0 aliphatic carbocycles. The maximum atomic E-state index is 12.6. The molecule has 0 saturated carbocycles. The second kappa shape index (κ2) is 10.1. The number of alkyl halides is 2. The van der Waals surface area contributed by atoms with Crippen molar-refractivity contribution in [2.75, 3.05) is 13.1 Å². The van der Waals surface area contributed by atoms with Crippen LogP contribution in [-0.4, -0.2) is 35.0 Å². The number of halogens is 3. The number of hydrogen-bond donors (Lipinski definition) is 2. The predicted molar refractivity (Wildman–Crippen MR) is 110 cm³/mol. The van der Waals surface area contributed by atoms with Crippen molar-refractivity contribution in [3.8, 4) is 5.75 Å². The molecule has 0 amide bonds. The highest BCUT2D eigenvalue weighted by Crippen LogP contribution is 2.25. The van der Waals surface area contributed by atoms with Gasteiger partial charge < -0.3 is 19.8 Å². The molecule has 9 heteroatoms. The molecular weight excluding hydrogens is 400 g/mol. The first-order valence-corrected chi connectivity index (χ1v) is 9.61. The number of fused-ring (bicyclic) bond motifs is 1. The van der Waals surface area contributed by atoms with Gasteiger partial charge in [-0.3, -0.25) is 0 Å². The van der Waals surface area contributed by atoms with Crippen molar-refractivity contribution < 1.29 is 13.5 Å². The van der Waals surface area contributed by atoms with Gasteiger partial charge in [-0.1, -0.05) is 17.7 Å². The highest BCUT2D eigenvalue weighted by molar-refractivity contribution is 6.30. The molecular formula is C20H22ClF2N5O. The van der Waals surface area contributed by atoms with Gasteiger partial charge in [0.2, 0.25) is 0 Å². The van der Waals surface area contributed by atoms with Crippen LogP contribution in [0.4, 0.5) is 8.78 Å². The average Bonchev–Trinajstić information content (AvgIpc) is 3.10. The third kappa shape index (κ3) is 6.05. The molecule has 0 atom stereocenters. The van der Waals surface area contributed by atoms with Crippen LogP contribution in [0.15, 0.2) is 53.8 Å². The van der Waals surface area contributed by atoms with E-state index in [-0.39, 0.29) is 12.3 Å². The summed E-state index contributed by atoms with van der Waals surface area (Å²) < 4.78 is 31.7. The molecule has 0 aliphatic heterocycles. The van der Waals surface area contributed by atoms with Crippen LogP contribution in [0.5, 0.6) is 5.75 Å². The molecule has 1 aromatic carbocycles. The molecule has 0 fully saturated rings. The Balaban J connectivity index is 1.63. The molecule has 2 N–H and O–H groups in total. The highest BCUT2D eigenvalue weighted by atomic mass is 35.5. The summed E-state index contributed by atoms with van der Waals surface area (Å²) >= 11 is 5.98. The van der Waals surface area contributed by atoms with Crippen LogP contribution in [0, 0.1) is 0 Å². The average molecular weight is 422 g/mol. The van der Waals surface area contributed by atoms with Gasteiger partial charge in [-0.05, 0) is 37.3 Å². The molecule has 0 unspecified atom stereocenters. The van der Waals surface area contributed by atoms with Crippen molar-refractivity contribution in [2.45, 2.75) is 26.5 Å². The summed E-state index contributed by atoms with van der Waals surface area (Å²) in [6.45, 7) is 0.466. The second-order valence-electron chi connectivity index (χ2n) is 6.20. The molecule has 29 heavy (non-hydrogen) atoms. The molecule has 0 radical (unpaired) electrons. The summed E-state index contributed by atoms with van der Waals surface area (Å²) in [6, 6.07) is 10.3. The fraction of sp³-hybridized carbons (Fsp3) is 0.300. The molecule has 0 spiro atoms. The Labute approximate surface area is 172 Å². The number of guanidine groups is 1. The first kappa shape index (κ1) is 20.9. The third-order valence-electron chi connectivity index (χ3n) is 4.08. The van der Waals surface area contributed by atoms with E-state index in [2.05, 4.69) is 25.3 Å². The third-order valence-corrected chi connectivity index (χ3v) is 4.31. The van der Waals surface area contributed by atoms with Gasteiger partial charge in [0, 0.05) is 42.5 Å². The number of aromatic nitrogens is 2. The van der Waals surface area contributed by atoms with Crippen LogP contribution in [0.2, 0.25) is 5.02 Å². The molecule has 0 saturated heterocycles. The molecule has 3 aromatic rings. The maximum absolute atomic E-state index is 12.6. The summed E-state index contributed by atoms with van der Waals surface area (Å²) in [4.78, 5) is 9.01. The van der Waals surface area contributed by atoms with E-state index >= 15 is 0 Å². The highest BCUT2D eigenvalue weighted by Gasteiger charge is 2.10. The molecule has 3 rings (SSSR count). The Morgan fingerprint density at radius 2 is 2.14 bits per heavy atom. The zero-order chi connectivity index (χ0) is 20.6. The summed E-state index contributed by atoms with van der Waals surface area (Å²) in [5.41, 5.74) is 2.34. The molecule has 0 bridgehead atoms. The Morgan fingerprint density at radius 1 is 1.28 bits per heavy atom. The number of ether oxygens (including phenoxy) is 1. The number of rotatable bonds is 8. The van der Waals surface area contributed by atoms with Gasteiger partial charge in [0.15, 0.2) is 5.96 Å². The second-order valence-corrected chi connectivity index (χ2v) is 6.64. The molecule has 2 aromatic heterocycles. The van der Waals surface area contributed by atoms with Crippen molar-refractivity contribution >= 4 is 23.2 Å². The lowest BCUT2D eigenvalue weighted by Crippen LogP contribution is -2.38. The number of hydrogen-bond acceptors (Lipinski definition) is 3. The minimum Gasteiger partial charge on any atom is -0.434 e. The normalized spacial score (nSPS) is 11.8. The number of nitrogens with zero attached hydrogens (tertiary/aromatic N) is 3. The van der Waals surface area contributed by atoms with Crippen molar-refractivity contribution in [3.63, 3.8) is 0 Å². The number of aliphatic imine (C=N–C) groups is 1. The Hall–Kier alpha value is -2.87. The van der Waals surface area contributed by atoms with E-state index in [1.807, 2.05) is 41.9 Å². The van der Waals surface area contributed by atoms with Crippen LogP contribution in [0.1, 0.15) is 18.2 Å². The molecule has 0 aliphatic rings. The van der Waals surface area contributed by atoms with Gasteiger partial charge in [-0.2, -0.15) is 8.78 Å². The Morgan fingerprint density at radius 3 is 2.90 bits per heavy atom. The number of benzene rings is 1. The zero-order valence-electron chi connectivity index (χ0n) is 15.9. The Bertz CT molecular complexity index is 943. The van der Waals surface area contributed by atoms with Crippen molar-refractivity contribution in [1.29, 1.82) is 0 Å². The molecule has 2 heterocycles. The van der Waals surface area contributed by atoms with E-state index < -0.39 is 6.61 Å². The van der Waals surface area contributed by atoms with Crippen LogP contribution in [-0.2, 0) is 13.0 Å². The first-order valence-electron chi connectivity index (χ1n) is 9.23. The Kier molecular flexibility index (Phi) is 7.24. The lowest BCUT2D eigenvalue weighted by Gasteiger charge is -2.12. The summed E-state index contributed by atoms with van der Waals surface area (Å²) in [7, 11) is 0. The summed E-state index contributed by atoms with van der Waals surface area (Å²) in [5, 5.41) is 6.79. The largest absolute Gasteiger partial charge is 0.434 e. The van der Waals surface area contributed by atoms with Crippen LogP contribution in [0.25, 0.3) is 5.65 Å². The standard InChI is InChI=1S/C20H22ClF2N5O/c1-2-24-20(25-9-8-16-13-28-10-4-3-5-18(28)27-16)26-12-14-11-15(21)6-7-17(14)29-19(22)23/h3-7,10-11,13,19H,2,8-9,12H2,1H3,(H2,24,25,26). The van der Waals surface area contributed by atoms with E-state index in [0.717, 1.165) is 11.3 Å². The van der Waals surface area contributed by atoms with Crippen molar-refractivity contribution in [3.05, 3.63) is 65.1 Å². The predicted octanol–water partition coefficient (Wildman–Crippen LogP) is 3.89. The molecule has 154 valence electrons. The van der Waals surface area contributed by atoms with E-state index in [0.29, 0.717) is 36.1 Å². The lowest BCUT2D eigenvalue weighted by molar-refractivity contribution is -0.0504. The van der Waals surface area contributed by atoms with E-state index in [1.54, 1.807) is 6.07 Å².